The summed E-state index contributed by atoms with van der Waals surface area (Å²) >= 11 is 3.95. The molecule has 0 unspecified atom stereocenters. The first-order chi connectivity index (χ1) is 17.3. The second-order valence-corrected chi connectivity index (χ2v) is 9.06. The summed E-state index contributed by atoms with van der Waals surface area (Å²) in [5, 5.41) is 12.4. The highest BCUT2D eigenvalue weighted by Gasteiger charge is 2.28. The number of primary amides is 1. The average Bonchev–Trinajstić information content (AvgIpc) is 2.85. The zero-order valence-electron chi connectivity index (χ0n) is 21.8. The molecule has 0 aliphatic heterocycles. The van der Waals surface area contributed by atoms with Crippen molar-refractivity contribution in [1.82, 2.24) is 26.6 Å². The molecule has 0 aliphatic rings. The lowest BCUT2D eigenvalue weighted by molar-refractivity contribution is -0.134. The highest BCUT2D eigenvalue weighted by Crippen LogP contribution is 2.03. The maximum absolute atomic E-state index is 12.9. The van der Waals surface area contributed by atoms with Crippen LogP contribution in [0.2, 0.25) is 0 Å². The van der Waals surface area contributed by atoms with Crippen LogP contribution in [0, 0.1) is 0 Å². The molecule has 0 aromatic rings. The molecule has 0 spiro atoms. The van der Waals surface area contributed by atoms with Crippen LogP contribution in [0.4, 0.5) is 0 Å². The van der Waals surface area contributed by atoms with Gasteiger partial charge in [-0.15, -0.1) is 0 Å². The molecule has 11 N–H and O–H groups in total. The maximum Gasteiger partial charge on any atom is 0.243 e. The predicted molar refractivity (Wildman–Crippen MR) is 141 cm³/mol. The van der Waals surface area contributed by atoms with Gasteiger partial charge in [0.15, 0.2) is 0 Å². The fraction of sp³-hybridized carbons (Fsp3) is 0.727. The first-order valence-electron chi connectivity index (χ1n) is 12.2. The molecule has 0 saturated heterocycles. The molecule has 0 aliphatic carbocycles. The van der Waals surface area contributed by atoms with E-state index in [1.807, 2.05) is 0 Å². The van der Waals surface area contributed by atoms with Crippen LogP contribution in [0.1, 0.15) is 53.4 Å². The summed E-state index contributed by atoms with van der Waals surface area (Å²) in [6, 6.07) is -5.81. The maximum atomic E-state index is 12.9. The molecule has 0 heterocycles. The average molecular weight is 547 g/mol. The number of carbonyl (C=O) groups is 6. The van der Waals surface area contributed by atoms with Crippen LogP contribution in [0.5, 0.6) is 0 Å². The highest BCUT2D eigenvalue weighted by atomic mass is 32.1. The van der Waals surface area contributed by atoms with Crippen LogP contribution in [0.3, 0.4) is 0 Å². The van der Waals surface area contributed by atoms with Crippen LogP contribution < -0.4 is 43.8 Å². The smallest absolute Gasteiger partial charge is 0.243 e. The van der Waals surface area contributed by atoms with Gasteiger partial charge in [0.05, 0.1) is 6.04 Å². The molecule has 0 saturated carbocycles. The van der Waals surface area contributed by atoms with E-state index in [1.165, 1.54) is 20.8 Å². The van der Waals surface area contributed by atoms with E-state index in [0.717, 1.165) is 0 Å². The molecule has 0 bridgehead atoms. The van der Waals surface area contributed by atoms with Gasteiger partial charge in [-0.1, -0.05) is 6.92 Å². The van der Waals surface area contributed by atoms with Crippen molar-refractivity contribution in [2.24, 2.45) is 17.2 Å². The number of nitrogens with two attached hydrogens (primary N) is 3. The highest BCUT2D eigenvalue weighted by molar-refractivity contribution is 7.80. The third kappa shape index (κ3) is 12.7. The monoisotopic (exact) mass is 546 g/mol. The van der Waals surface area contributed by atoms with Crippen molar-refractivity contribution < 1.29 is 28.8 Å². The molecule has 0 radical (unpaired) electrons. The topological polar surface area (TPSA) is 241 Å². The lowest BCUT2D eigenvalue weighted by atomic mass is 10.1. The van der Waals surface area contributed by atoms with E-state index in [9.17, 15) is 28.8 Å². The minimum Gasteiger partial charge on any atom is -0.368 e. The molecule has 0 aromatic heterocycles. The zero-order chi connectivity index (χ0) is 28.7. The molecule has 37 heavy (non-hydrogen) atoms. The zero-order valence-corrected chi connectivity index (χ0v) is 22.7. The lowest BCUT2D eigenvalue weighted by Gasteiger charge is -2.24. The Hall–Kier alpha value is -2.91. The van der Waals surface area contributed by atoms with E-state index in [-0.39, 0.29) is 12.2 Å². The van der Waals surface area contributed by atoms with E-state index in [2.05, 4.69) is 39.2 Å². The number of hydrogen-bond donors (Lipinski definition) is 9. The van der Waals surface area contributed by atoms with Crippen LogP contribution >= 0.6 is 12.6 Å². The standard InChI is InChI=1S/C22H42N8O6S/c1-5-14(24)21(35)27-11(2)18(32)26-12(3)19(33)29-15(8-6-7-9-23)22(36)28-13(4)20(34)30-16(10-37)17(25)31/h11-16,37H,5-10,23-24H2,1-4H3,(H2,25,31)(H,26,32)(H,27,35)(H,28,36)(H,29,33)(H,30,34)/t11-,12-,13-,14-,15-,16-/m0/s1. The van der Waals surface area contributed by atoms with E-state index >= 15 is 0 Å². The summed E-state index contributed by atoms with van der Waals surface area (Å²) in [7, 11) is 0. The van der Waals surface area contributed by atoms with Gasteiger partial charge in [0.2, 0.25) is 35.4 Å². The van der Waals surface area contributed by atoms with Gasteiger partial charge in [-0.2, -0.15) is 12.6 Å². The normalized spacial score (nSPS) is 15.6. The third-order valence-electron chi connectivity index (χ3n) is 5.46. The number of unbranched alkanes of at least 4 members (excludes halogenated alkanes) is 1. The largest absolute Gasteiger partial charge is 0.368 e. The number of carbonyl (C=O) groups excluding carboxylic acids is 6. The molecule has 6 atom stereocenters. The predicted octanol–water partition coefficient (Wildman–Crippen LogP) is -3.25. The molecule has 15 heteroatoms. The van der Waals surface area contributed by atoms with Gasteiger partial charge >= 0.3 is 0 Å². The van der Waals surface area contributed by atoms with E-state index in [0.29, 0.717) is 25.8 Å². The van der Waals surface area contributed by atoms with Gasteiger partial charge in [-0.3, -0.25) is 28.8 Å². The second-order valence-electron chi connectivity index (χ2n) is 8.70. The molecule has 212 valence electrons. The Kier molecular flexibility index (Phi) is 16.2. The van der Waals surface area contributed by atoms with E-state index in [1.54, 1.807) is 6.92 Å². The Balaban J connectivity index is 5.16. The van der Waals surface area contributed by atoms with Crippen molar-refractivity contribution in [3.05, 3.63) is 0 Å². The quantitative estimate of drug-likeness (QED) is 0.0661. The van der Waals surface area contributed by atoms with Crippen molar-refractivity contribution in [1.29, 1.82) is 0 Å². The Morgan fingerprint density at radius 1 is 0.703 bits per heavy atom. The molecule has 0 rings (SSSR count). The summed E-state index contributed by atoms with van der Waals surface area (Å²) in [4.78, 5) is 73.5. The second kappa shape index (κ2) is 17.5. The Morgan fingerprint density at radius 2 is 1.14 bits per heavy atom. The number of hydrogen-bond acceptors (Lipinski definition) is 9. The van der Waals surface area contributed by atoms with Gasteiger partial charge in [0, 0.05) is 5.75 Å². The third-order valence-corrected chi connectivity index (χ3v) is 5.82. The number of amides is 6. The van der Waals surface area contributed by atoms with Crippen LogP contribution in [-0.4, -0.2) is 84.0 Å². The fourth-order valence-corrected chi connectivity index (χ4v) is 3.19. The van der Waals surface area contributed by atoms with E-state index in [4.69, 9.17) is 17.2 Å². The summed E-state index contributed by atoms with van der Waals surface area (Å²) in [6.45, 7) is 6.40. The van der Waals surface area contributed by atoms with E-state index < -0.39 is 71.7 Å². The summed E-state index contributed by atoms with van der Waals surface area (Å²) in [5.41, 5.74) is 16.4. The molecule has 0 aromatic carbocycles. The molecule has 6 amide bonds. The summed E-state index contributed by atoms with van der Waals surface area (Å²) in [5.74, 6) is -3.83. The van der Waals surface area contributed by atoms with Crippen LogP contribution in [-0.2, 0) is 28.8 Å². The molecular formula is C22H42N8O6S. The van der Waals surface area contributed by atoms with Crippen molar-refractivity contribution in [3.63, 3.8) is 0 Å². The first kappa shape index (κ1) is 34.1. The minimum atomic E-state index is -1.04. The lowest BCUT2D eigenvalue weighted by Crippen LogP contribution is -2.58. The van der Waals surface area contributed by atoms with Gasteiger partial charge in [0.25, 0.3) is 0 Å². The Bertz CT molecular complexity index is 814. The van der Waals surface area contributed by atoms with Crippen LogP contribution in [0.25, 0.3) is 0 Å². The Morgan fingerprint density at radius 3 is 1.57 bits per heavy atom. The van der Waals surface area contributed by atoms with Gasteiger partial charge < -0.3 is 43.8 Å². The number of rotatable bonds is 17. The SMILES string of the molecule is CC[C@H](N)C(=O)N[C@@H](C)C(=O)N[C@@H](C)C(=O)N[C@@H](CCCCN)C(=O)N[C@@H](C)C(=O)N[C@@H](CS)C(N)=O. The Labute approximate surface area is 222 Å². The van der Waals surface area contributed by atoms with Gasteiger partial charge in [0.1, 0.15) is 30.2 Å². The minimum absolute atomic E-state index is 0.0170. The van der Waals surface area contributed by atoms with Crippen molar-refractivity contribution >= 4 is 48.1 Å². The fourth-order valence-electron chi connectivity index (χ4n) is 2.92. The summed E-state index contributed by atoms with van der Waals surface area (Å²) < 4.78 is 0. The molecule has 0 fully saturated rings. The van der Waals surface area contributed by atoms with Crippen molar-refractivity contribution in [2.75, 3.05) is 12.3 Å². The molecular weight excluding hydrogens is 504 g/mol. The van der Waals surface area contributed by atoms with Gasteiger partial charge in [-0.25, -0.2) is 0 Å². The number of thiol groups is 1. The first-order valence-corrected chi connectivity index (χ1v) is 12.8. The number of nitrogens with one attached hydrogen (secondary N) is 5. The van der Waals surface area contributed by atoms with Crippen molar-refractivity contribution in [2.45, 2.75) is 89.6 Å². The van der Waals surface area contributed by atoms with Gasteiger partial charge in [-0.05, 0) is 53.0 Å². The van der Waals surface area contributed by atoms with Crippen molar-refractivity contribution in [3.8, 4) is 0 Å². The summed E-state index contributed by atoms with van der Waals surface area (Å²) in [6.07, 6.45) is 1.74. The van der Waals surface area contributed by atoms with Crippen LogP contribution in [0.15, 0.2) is 0 Å². The molecule has 14 nitrogen and oxygen atoms in total.